The molecule has 2 saturated heterocycles. The lowest BCUT2D eigenvalue weighted by Crippen LogP contribution is -2.63. The molecule has 0 aliphatic carbocycles. The number of cyclic esters (lactones) is 1. The summed E-state index contributed by atoms with van der Waals surface area (Å²) in [7, 11) is -0.928. The molecule has 6 bridgehead atoms. The second-order valence-corrected chi connectivity index (χ2v) is 31.1. The fourth-order valence-electron chi connectivity index (χ4n) is 12.6. The highest BCUT2D eigenvalue weighted by molar-refractivity contribution is 6.78. The topological polar surface area (TPSA) is 168 Å². The predicted molar refractivity (Wildman–Crippen MR) is 315 cm³/mol. The molecule has 2 N–H and O–H groups in total. The van der Waals surface area contributed by atoms with E-state index in [-0.39, 0.29) is 73.7 Å². The number of likely N-dealkylation sites (N-methyl/N-ethyl adjacent to an activating group) is 1. The maximum absolute atomic E-state index is 15.3. The highest BCUT2D eigenvalue weighted by atomic mass is 28.4. The minimum atomic E-state index is -2.54. The molecule has 79 heavy (non-hydrogen) atoms. The van der Waals surface area contributed by atoms with Crippen molar-refractivity contribution in [1.82, 2.24) is 40.0 Å². The molecule has 2 aromatic heterocycles. The van der Waals surface area contributed by atoms with Gasteiger partial charge in [-0.15, -0.1) is 0 Å². The average Bonchev–Trinajstić information content (AvgIpc) is 3.71. The number of urea groups is 1. The summed E-state index contributed by atoms with van der Waals surface area (Å²) in [4.78, 5) is 81.4. The van der Waals surface area contributed by atoms with Crippen LogP contribution < -0.4 is 15.2 Å². The van der Waals surface area contributed by atoms with Crippen molar-refractivity contribution in [2.24, 2.45) is 11.3 Å². The molecular formula is C62H92N8O8Si. The molecular weight excluding hydrogens is 1010 g/mol. The molecule has 2 aromatic carbocycles. The molecule has 3 aliphatic heterocycles. The molecule has 2 fully saturated rings. The van der Waals surface area contributed by atoms with E-state index in [4.69, 9.17) is 18.9 Å². The number of rotatable bonds is 12. The summed E-state index contributed by atoms with van der Waals surface area (Å²) in [6.07, 6.45) is 3.09. The highest BCUT2D eigenvalue weighted by Gasteiger charge is 2.47. The fourth-order valence-corrected chi connectivity index (χ4v) is 17.9. The molecule has 5 amide bonds. The first-order chi connectivity index (χ1) is 37.1. The predicted octanol–water partition coefficient (Wildman–Crippen LogP) is 11.3. The largest absolute Gasteiger partial charge is 0.543 e. The smallest absolute Gasteiger partial charge is 0.410 e. The number of nitrogens with zero attached hydrogens (tertiary/aromatic N) is 6. The third kappa shape index (κ3) is 13.3. The molecule has 432 valence electrons. The molecule has 4 aromatic rings. The SMILES string of the molecule is CCn1c(-c2cccnc2C(C)C)c2c3cc(ccc31)-c1cc(cc(O[Si](C(C)C)(C(C)C)C(C)C)c1)C[C@H](NC(=O)[C@H](C(C)C)N(C)C(=O)N1CCN(C(=O)OC(C)(C)C)CC1)C(=O)N1CCC[C@H](N1)C(=O)OCC(C)(C)C2. The molecule has 0 unspecified atom stereocenters. The van der Waals surface area contributed by atoms with E-state index >= 15 is 9.59 Å². The summed E-state index contributed by atoms with van der Waals surface area (Å²) in [6.45, 7) is 35.8. The molecule has 3 atom stereocenters. The minimum Gasteiger partial charge on any atom is -0.543 e. The molecule has 16 nitrogen and oxygen atoms in total. The van der Waals surface area contributed by atoms with E-state index in [0.29, 0.717) is 38.1 Å². The maximum atomic E-state index is 15.3. The summed E-state index contributed by atoms with van der Waals surface area (Å²) >= 11 is 0. The highest BCUT2D eigenvalue weighted by Crippen LogP contribution is 2.45. The van der Waals surface area contributed by atoms with Gasteiger partial charge in [-0.05, 0) is 134 Å². The first kappa shape index (κ1) is 60.7. The number of fused-ring (bicyclic) bond motifs is 6. The number of benzene rings is 2. The number of hydrogen-bond acceptors (Lipinski definition) is 10. The van der Waals surface area contributed by atoms with Crippen molar-refractivity contribution in [2.45, 2.75) is 189 Å². The number of carbonyl (C=O) groups is 5. The zero-order chi connectivity index (χ0) is 58.1. The van der Waals surface area contributed by atoms with Gasteiger partial charge in [0.2, 0.25) is 5.91 Å². The van der Waals surface area contributed by atoms with Crippen molar-refractivity contribution in [2.75, 3.05) is 46.4 Å². The number of carbonyl (C=O) groups excluding carboxylic acids is 5. The number of hydrazine groups is 1. The zero-order valence-electron chi connectivity index (χ0n) is 50.5. The second-order valence-electron chi connectivity index (χ2n) is 25.7. The van der Waals surface area contributed by atoms with Crippen LogP contribution in [0.4, 0.5) is 9.59 Å². The number of aryl methyl sites for hydroxylation is 1. The first-order valence-corrected chi connectivity index (χ1v) is 31.2. The molecule has 7 rings (SSSR count). The Labute approximate surface area is 471 Å². The third-order valence-corrected chi connectivity index (χ3v) is 22.3. The van der Waals surface area contributed by atoms with Crippen molar-refractivity contribution < 1.29 is 37.9 Å². The molecule has 5 heterocycles. The summed E-state index contributed by atoms with van der Waals surface area (Å²) in [5, 5.41) is 5.72. The summed E-state index contributed by atoms with van der Waals surface area (Å²) in [5.41, 5.74) is 11.0. The Hall–Kier alpha value is -5.94. The Kier molecular flexibility index (Phi) is 18.8. The van der Waals surface area contributed by atoms with Gasteiger partial charge in [0.05, 0.1) is 18.0 Å². The van der Waals surface area contributed by atoms with E-state index in [1.165, 1.54) is 9.91 Å². The van der Waals surface area contributed by atoms with Crippen molar-refractivity contribution >= 4 is 49.1 Å². The Morgan fingerprint density at radius 3 is 2.15 bits per heavy atom. The fraction of sp³-hybridized carbons (Fsp3) is 0.613. The number of pyridine rings is 1. The van der Waals surface area contributed by atoms with Gasteiger partial charge in [-0.2, -0.15) is 0 Å². The Balaban J connectivity index is 1.37. The molecule has 0 saturated carbocycles. The normalized spacial score (nSPS) is 19.0. The van der Waals surface area contributed by atoms with Gasteiger partial charge < -0.3 is 38.5 Å². The maximum Gasteiger partial charge on any atom is 0.410 e. The summed E-state index contributed by atoms with van der Waals surface area (Å²) in [5.74, 6) is -0.835. The number of piperazine rings is 1. The van der Waals surface area contributed by atoms with Crippen LogP contribution in [0.2, 0.25) is 16.6 Å². The quantitative estimate of drug-likeness (QED) is 0.103. The van der Waals surface area contributed by atoms with E-state index in [1.807, 2.05) is 52.9 Å². The molecule has 17 heteroatoms. The van der Waals surface area contributed by atoms with Crippen molar-refractivity contribution in [1.29, 1.82) is 0 Å². The van der Waals surface area contributed by atoms with E-state index < -0.39 is 61.3 Å². The second kappa shape index (κ2) is 24.4. The molecule has 3 aliphatic rings. The van der Waals surface area contributed by atoms with Gasteiger partial charge in [0, 0.05) is 80.8 Å². The number of esters is 1. The average molecular weight is 1110 g/mol. The van der Waals surface area contributed by atoms with Crippen LogP contribution >= 0.6 is 0 Å². The van der Waals surface area contributed by atoms with Gasteiger partial charge in [0.15, 0.2) is 0 Å². The van der Waals surface area contributed by atoms with Gasteiger partial charge in [-0.25, -0.2) is 15.0 Å². The lowest BCUT2D eigenvalue weighted by Gasteiger charge is -2.42. The van der Waals surface area contributed by atoms with Crippen LogP contribution in [0.5, 0.6) is 5.75 Å². The lowest BCUT2D eigenvalue weighted by molar-refractivity contribution is -0.155. The van der Waals surface area contributed by atoms with E-state index in [0.717, 1.165) is 50.1 Å². The van der Waals surface area contributed by atoms with Gasteiger partial charge in [0.1, 0.15) is 29.5 Å². The molecule has 0 spiro atoms. The van der Waals surface area contributed by atoms with Gasteiger partial charge in [0.25, 0.3) is 14.2 Å². The molecule has 0 radical (unpaired) electrons. The summed E-state index contributed by atoms with van der Waals surface area (Å²) < 4.78 is 21.7. The van der Waals surface area contributed by atoms with Crippen LogP contribution in [0, 0.1) is 11.3 Å². The Bertz CT molecular complexity index is 2840. The van der Waals surface area contributed by atoms with Crippen molar-refractivity contribution in [3.63, 3.8) is 0 Å². The van der Waals surface area contributed by atoms with Crippen molar-refractivity contribution in [3.05, 3.63) is 71.5 Å². The zero-order valence-corrected chi connectivity index (χ0v) is 51.5. The van der Waals surface area contributed by atoms with Crippen LogP contribution in [0.25, 0.3) is 33.3 Å². The monoisotopic (exact) mass is 1100 g/mol. The number of aromatic nitrogens is 2. The Morgan fingerprint density at radius 1 is 0.886 bits per heavy atom. The lowest BCUT2D eigenvalue weighted by atomic mass is 9.83. The minimum absolute atomic E-state index is 0.0772. The van der Waals surface area contributed by atoms with Crippen molar-refractivity contribution in [3.8, 4) is 28.1 Å². The van der Waals surface area contributed by atoms with E-state index in [1.54, 1.807) is 16.8 Å². The van der Waals surface area contributed by atoms with E-state index in [9.17, 15) is 14.4 Å². The van der Waals surface area contributed by atoms with Crippen LogP contribution in [0.3, 0.4) is 0 Å². The van der Waals surface area contributed by atoms with Gasteiger partial charge in [-0.3, -0.25) is 24.4 Å². The number of nitrogens with one attached hydrogen (secondary N) is 2. The summed E-state index contributed by atoms with van der Waals surface area (Å²) in [6, 6.07) is 13.9. The number of ether oxygens (including phenoxy) is 2. The van der Waals surface area contributed by atoms with Crippen LogP contribution in [0.15, 0.2) is 54.7 Å². The van der Waals surface area contributed by atoms with Crippen LogP contribution in [0.1, 0.15) is 146 Å². The Morgan fingerprint density at radius 2 is 1.54 bits per heavy atom. The number of amides is 5. The van der Waals surface area contributed by atoms with Gasteiger partial charge in [-0.1, -0.05) is 95.2 Å². The van der Waals surface area contributed by atoms with E-state index in [2.05, 4.69) is 128 Å². The third-order valence-electron chi connectivity index (χ3n) is 16.3. The van der Waals surface area contributed by atoms with Crippen LogP contribution in [-0.2, 0) is 43.2 Å². The standard InChI is InChI=1S/C62H92N8O8Si/c1-18-69-52-24-23-44-35-48(52)49(55(69)47-21-19-25-63-53(47)38(2)3)36-62(15,16)37-76-58(73)50-22-20-26-70(65-50)57(72)51(33-43-31-45(44)34-46(32-43)78-79(40(6)7,41(8)9)42(10)11)64-56(71)54(39(4)5)66(17)59(74)67-27-29-68(30-28-67)60(75)77-61(12,13)14/h19,21,23-25,31-32,34-35,38-42,50-51,54,65H,18,20,22,26-30,33,36-37H2,1-17H3,(H,64,71)/t50-,51-,54-/m0/s1. The van der Waals surface area contributed by atoms with Crippen LogP contribution in [-0.4, -0.2) is 138 Å². The number of hydrogen-bond donors (Lipinski definition) is 2. The van der Waals surface area contributed by atoms with Gasteiger partial charge >= 0.3 is 18.1 Å². The first-order valence-electron chi connectivity index (χ1n) is 29.0.